The average molecular weight is 213 g/mol. The molecular formula is C11H19NOS. The lowest BCUT2D eigenvalue weighted by molar-refractivity contribution is 0.567. The van der Waals surface area contributed by atoms with E-state index < -0.39 is 0 Å². The normalized spacial score (nSPS) is 8.93. The molecule has 1 aromatic heterocycles. The van der Waals surface area contributed by atoms with Crippen molar-refractivity contribution in [2.45, 2.75) is 39.0 Å². The van der Waals surface area contributed by atoms with E-state index in [4.69, 9.17) is 18.0 Å². The molecule has 0 unspecified atom stereocenters. The molecule has 0 atom stereocenters. The van der Waals surface area contributed by atoms with Crippen LogP contribution in [0.4, 0.5) is 0 Å². The van der Waals surface area contributed by atoms with E-state index in [0.717, 1.165) is 6.42 Å². The molecule has 2 nitrogen and oxygen atoms in total. The maximum absolute atomic E-state index is 5.31. The van der Waals surface area contributed by atoms with Gasteiger partial charge in [-0.25, -0.2) is 0 Å². The Balaban J connectivity index is 0.000000280. The fourth-order valence-electron chi connectivity index (χ4n) is 0.953. The largest absolute Gasteiger partial charge is 0.473 e. The second-order valence-corrected chi connectivity index (χ2v) is 3.59. The molecule has 0 bridgehead atoms. The van der Waals surface area contributed by atoms with Gasteiger partial charge in [-0.1, -0.05) is 38.4 Å². The molecule has 0 spiro atoms. The molecular weight excluding hydrogens is 194 g/mol. The second-order valence-electron chi connectivity index (χ2n) is 3.07. The molecule has 0 aliphatic rings. The van der Waals surface area contributed by atoms with Gasteiger partial charge in [-0.15, -0.1) is 0 Å². The molecule has 0 aliphatic heterocycles. The molecule has 0 aliphatic carbocycles. The predicted octanol–water partition coefficient (Wildman–Crippen LogP) is 3.52. The van der Waals surface area contributed by atoms with Crippen molar-refractivity contribution >= 4 is 17.2 Å². The summed E-state index contributed by atoms with van der Waals surface area (Å²) in [5.41, 5.74) is 5.31. The number of furan rings is 1. The Morgan fingerprint density at radius 3 is 2.21 bits per heavy atom. The molecule has 0 fully saturated rings. The third kappa shape index (κ3) is 11.2. The van der Waals surface area contributed by atoms with Crippen LogP contribution in [0.15, 0.2) is 29.1 Å². The van der Waals surface area contributed by atoms with Crippen LogP contribution in [0.1, 0.15) is 39.0 Å². The van der Waals surface area contributed by atoms with E-state index in [1.807, 2.05) is 12.1 Å². The lowest BCUT2D eigenvalue weighted by atomic mass is 10.2. The third-order valence-electron chi connectivity index (χ3n) is 1.70. The minimum atomic E-state index is 0.658. The van der Waals surface area contributed by atoms with Gasteiger partial charge in [0.1, 0.15) is 0 Å². The van der Waals surface area contributed by atoms with Crippen LogP contribution in [-0.4, -0.2) is 4.99 Å². The van der Waals surface area contributed by atoms with Crippen molar-refractivity contribution in [1.82, 2.24) is 0 Å². The van der Waals surface area contributed by atoms with Crippen LogP contribution < -0.4 is 5.73 Å². The lowest BCUT2D eigenvalue weighted by Gasteiger charge is -1.95. The lowest BCUT2D eigenvalue weighted by Crippen LogP contribution is -2.06. The molecule has 14 heavy (non-hydrogen) atoms. The van der Waals surface area contributed by atoms with Gasteiger partial charge in [-0.2, -0.15) is 0 Å². The van der Waals surface area contributed by atoms with E-state index in [0.29, 0.717) is 4.99 Å². The fraction of sp³-hybridized carbons (Fsp3) is 0.545. The van der Waals surface area contributed by atoms with Gasteiger partial charge in [-0.05, 0) is 25.0 Å². The SMILES string of the molecule is CCCCCCC(N)=S.c1ccoc1. The highest BCUT2D eigenvalue weighted by molar-refractivity contribution is 7.80. The first-order valence-corrected chi connectivity index (χ1v) is 5.43. The molecule has 80 valence electrons. The van der Waals surface area contributed by atoms with Gasteiger partial charge < -0.3 is 10.2 Å². The summed E-state index contributed by atoms with van der Waals surface area (Å²) < 4.78 is 4.58. The molecule has 1 aromatic rings. The standard InChI is InChI=1S/C7H15NS.C4H4O/c1-2-3-4-5-6-7(8)9;1-2-4-5-3-1/h2-6H2,1H3,(H2,8,9);1-4H. The van der Waals surface area contributed by atoms with Gasteiger partial charge in [0.05, 0.1) is 17.5 Å². The van der Waals surface area contributed by atoms with Gasteiger partial charge in [0.15, 0.2) is 0 Å². The second kappa shape index (κ2) is 10.3. The summed E-state index contributed by atoms with van der Waals surface area (Å²) in [7, 11) is 0. The Kier molecular flexibility index (Phi) is 9.64. The highest BCUT2D eigenvalue weighted by Gasteiger charge is 1.88. The predicted molar refractivity (Wildman–Crippen MR) is 64.3 cm³/mol. The highest BCUT2D eigenvalue weighted by atomic mass is 32.1. The Hall–Kier alpha value is -0.830. The summed E-state index contributed by atoms with van der Waals surface area (Å²) in [6.07, 6.45) is 9.20. The van der Waals surface area contributed by atoms with Crippen LogP contribution in [0.5, 0.6) is 0 Å². The van der Waals surface area contributed by atoms with Gasteiger partial charge >= 0.3 is 0 Å². The number of nitrogens with two attached hydrogens (primary N) is 1. The molecule has 0 saturated heterocycles. The van der Waals surface area contributed by atoms with Crippen molar-refractivity contribution in [3.8, 4) is 0 Å². The van der Waals surface area contributed by atoms with Gasteiger partial charge in [-0.3, -0.25) is 0 Å². The van der Waals surface area contributed by atoms with E-state index >= 15 is 0 Å². The molecule has 0 amide bonds. The molecule has 1 rings (SSSR count). The highest BCUT2D eigenvalue weighted by Crippen LogP contribution is 2.01. The van der Waals surface area contributed by atoms with Crippen molar-refractivity contribution in [2.24, 2.45) is 5.73 Å². The molecule has 0 radical (unpaired) electrons. The number of hydrogen-bond acceptors (Lipinski definition) is 2. The van der Waals surface area contributed by atoms with E-state index in [-0.39, 0.29) is 0 Å². The third-order valence-corrected chi connectivity index (χ3v) is 1.91. The molecule has 0 saturated carbocycles. The quantitative estimate of drug-likeness (QED) is 0.601. The first kappa shape index (κ1) is 13.2. The average Bonchev–Trinajstić information content (AvgIpc) is 2.70. The van der Waals surface area contributed by atoms with Gasteiger partial charge in [0, 0.05) is 0 Å². The van der Waals surface area contributed by atoms with Crippen molar-refractivity contribution in [1.29, 1.82) is 0 Å². The molecule has 1 heterocycles. The number of hydrogen-bond donors (Lipinski definition) is 1. The summed E-state index contributed by atoms with van der Waals surface area (Å²) in [6, 6.07) is 3.67. The van der Waals surface area contributed by atoms with Crippen molar-refractivity contribution in [2.75, 3.05) is 0 Å². The van der Waals surface area contributed by atoms with E-state index in [1.165, 1.54) is 25.7 Å². The van der Waals surface area contributed by atoms with E-state index in [1.54, 1.807) is 12.5 Å². The first-order chi connectivity index (χ1) is 6.77. The zero-order valence-corrected chi connectivity index (χ0v) is 9.56. The summed E-state index contributed by atoms with van der Waals surface area (Å²) in [4.78, 5) is 0.658. The van der Waals surface area contributed by atoms with E-state index in [9.17, 15) is 0 Å². The van der Waals surface area contributed by atoms with E-state index in [2.05, 4.69) is 11.3 Å². The smallest absolute Gasteiger partial charge is 0.0902 e. The maximum Gasteiger partial charge on any atom is 0.0902 e. The Morgan fingerprint density at radius 1 is 1.21 bits per heavy atom. The topological polar surface area (TPSA) is 39.2 Å². The number of rotatable bonds is 5. The number of thiocarbonyl (C=S) groups is 1. The van der Waals surface area contributed by atoms with Crippen LogP contribution >= 0.6 is 12.2 Å². The van der Waals surface area contributed by atoms with Crippen LogP contribution in [0.2, 0.25) is 0 Å². The van der Waals surface area contributed by atoms with Crippen LogP contribution in [-0.2, 0) is 0 Å². The molecule has 2 N–H and O–H groups in total. The van der Waals surface area contributed by atoms with Crippen LogP contribution in [0.3, 0.4) is 0 Å². The zero-order valence-electron chi connectivity index (χ0n) is 8.74. The maximum atomic E-state index is 5.31. The summed E-state index contributed by atoms with van der Waals surface area (Å²) in [5, 5.41) is 0. The van der Waals surface area contributed by atoms with Crippen molar-refractivity contribution in [3.05, 3.63) is 24.7 Å². The minimum Gasteiger partial charge on any atom is -0.473 e. The van der Waals surface area contributed by atoms with Gasteiger partial charge in [0.25, 0.3) is 0 Å². The molecule has 0 aromatic carbocycles. The first-order valence-electron chi connectivity index (χ1n) is 5.02. The Morgan fingerprint density at radius 2 is 1.86 bits per heavy atom. The number of unbranched alkanes of at least 4 members (excludes halogenated alkanes) is 3. The zero-order chi connectivity index (χ0) is 10.6. The van der Waals surface area contributed by atoms with Crippen LogP contribution in [0.25, 0.3) is 0 Å². The summed E-state index contributed by atoms with van der Waals surface area (Å²) in [5.74, 6) is 0. The van der Waals surface area contributed by atoms with Crippen molar-refractivity contribution in [3.63, 3.8) is 0 Å². The van der Waals surface area contributed by atoms with Crippen molar-refractivity contribution < 1.29 is 4.42 Å². The van der Waals surface area contributed by atoms with Gasteiger partial charge in [0.2, 0.25) is 0 Å². The Labute approximate surface area is 91.5 Å². The monoisotopic (exact) mass is 213 g/mol. The Bertz CT molecular complexity index is 192. The van der Waals surface area contributed by atoms with Crippen LogP contribution in [0, 0.1) is 0 Å². The fourth-order valence-corrected chi connectivity index (χ4v) is 1.10. The summed E-state index contributed by atoms with van der Waals surface area (Å²) in [6.45, 7) is 2.20. The minimum absolute atomic E-state index is 0.658. The summed E-state index contributed by atoms with van der Waals surface area (Å²) >= 11 is 4.72. The molecule has 3 heteroatoms.